The minimum absolute atomic E-state index is 0.104. The van der Waals surface area contributed by atoms with Gasteiger partial charge in [-0.05, 0) is 37.6 Å². The maximum Gasteiger partial charge on any atom is 0.240 e. The smallest absolute Gasteiger partial charge is 0.240 e. The van der Waals surface area contributed by atoms with Gasteiger partial charge in [0.15, 0.2) is 0 Å². The van der Waals surface area contributed by atoms with Gasteiger partial charge in [0.1, 0.15) is 0 Å². The molecule has 0 spiro atoms. The number of sulfonamides is 2. The summed E-state index contributed by atoms with van der Waals surface area (Å²) in [7, 11) is -6.92. The van der Waals surface area contributed by atoms with Gasteiger partial charge >= 0.3 is 0 Å². The number of nitrogens with one attached hydrogen (secondary N) is 2. The van der Waals surface area contributed by atoms with Crippen molar-refractivity contribution >= 4 is 25.7 Å². The quantitative estimate of drug-likeness (QED) is 0.824. The van der Waals surface area contributed by atoms with Crippen LogP contribution in [0.2, 0.25) is 0 Å². The summed E-state index contributed by atoms with van der Waals surface area (Å²) in [6, 6.07) is 5.38. The first-order chi connectivity index (χ1) is 8.64. The summed E-state index contributed by atoms with van der Waals surface area (Å²) in [5, 5.41) is 0. The van der Waals surface area contributed by atoms with E-state index in [1.807, 2.05) is 6.92 Å². The van der Waals surface area contributed by atoms with Crippen LogP contribution in [0, 0.1) is 0 Å². The highest BCUT2D eigenvalue weighted by Crippen LogP contribution is 2.15. The third-order valence-electron chi connectivity index (χ3n) is 2.44. The van der Waals surface area contributed by atoms with Gasteiger partial charge in [-0.1, -0.05) is 6.92 Å². The molecule has 0 fully saturated rings. The Morgan fingerprint density at radius 1 is 1.11 bits per heavy atom. The van der Waals surface area contributed by atoms with E-state index in [1.54, 1.807) is 6.92 Å². The zero-order valence-corrected chi connectivity index (χ0v) is 12.7. The van der Waals surface area contributed by atoms with E-state index in [1.165, 1.54) is 24.3 Å². The van der Waals surface area contributed by atoms with Gasteiger partial charge in [0.05, 0.1) is 11.2 Å². The first kappa shape index (κ1) is 15.9. The molecule has 0 aliphatic heterocycles. The molecule has 0 amide bonds. The predicted molar refractivity (Wildman–Crippen MR) is 75.0 cm³/mol. The van der Waals surface area contributed by atoms with Crippen LogP contribution in [0.4, 0.5) is 5.69 Å². The second-order valence-electron chi connectivity index (χ2n) is 4.33. The van der Waals surface area contributed by atoms with Crippen LogP contribution < -0.4 is 9.44 Å². The van der Waals surface area contributed by atoms with E-state index < -0.39 is 20.0 Å². The van der Waals surface area contributed by atoms with Gasteiger partial charge in [0.25, 0.3) is 0 Å². The molecule has 8 heteroatoms. The standard InChI is InChI=1S/C11H18N2O4S2/c1-4-9(2)12-19(16,17)11-7-5-10(6-8-11)13-18(3,14)15/h5-9,12-13H,4H2,1-3H3/t9-/m0/s1. The predicted octanol–water partition coefficient (Wildman–Crippen LogP) is 1.13. The van der Waals surface area contributed by atoms with Crippen LogP contribution in [0.5, 0.6) is 0 Å². The van der Waals surface area contributed by atoms with Crippen LogP contribution >= 0.6 is 0 Å². The van der Waals surface area contributed by atoms with E-state index in [0.717, 1.165) is 6.26 Å². The summed E-state index contributed by atoms with van der Waals surface area (Å²) < 4.78 is 50.7. The second-order valence-corrected chi connectivity index (χ2v) is 7.79. The fourth-order valence-electron chi connectivity index (χ4n) is 1.33. The molecule has 6 nitrogen and oxygen atoms in total. The van der Waals surface area contributed by atoms with Crippen molar-refractivity contribution in [2.45, 2.75) is 31.2 Å². The normalized spacial score (nSPS) is 14.1. The molecule has 0 aromatic heterocycles. The van der Waals surface area contributed by atoms with Gasteiger partial charge in [-0.15, -0.1) is 0 Å². The molecule has 0 saturated heterocycles. The van der Waals surface area contributed by atoms with Crippen molar-refractivity contribution in [3.63, 3.8) is 0 Å². The van der Waals surface area contributed by atoms with Crippen LogP contribution in [-0.2, 0) is 20.0 Å². The first-order valence-electron chi connectivity index (χ1n) is 5.74. The molecule has 2 N–H and O–H groups in total. The van der Waals surface area contributed by atoms with E-state index >= 15 is 0 Å². The van der Waals surface area contributed by atoms with E-state index in [0.29, 0.717) is 12.1 Å². The number of anilines is 1. The largest absolute Gasteiger partial charge is 0.284 e. The Morgan fingerprint density at radius 3 is 2.05 bits per heavy atom. The van der Waals surface area contributed by atoms with E-state index in [9.17, 15) is 16.8 Å². The van der Waals surface area contributed by atoms with Crippen molar-refractivity contribution in [1.82, 2.24) is 4.72 Å². The molecule has 1 rings (SSSR count). The Hall–Kier alpha value is -1.12. The van der Waals surface area contributed by atoms with Gasteiger partial charge < -0.3 is 0 Å². The molecule has 19 heavy (non-hydrogen) atoms. The Labute approximate surface area is 114 Å². The average Bonchev–Trinajstić information content (AvgIpc) is 2.26. The maximum atomic E-state index is 11.9. The lowest BCUT2D eigenvalue weighted by Crippen LogP contribution is -2.31. The summed E-state index contributed by atoms with van der Waals surface area (Å²) in [6.45, 7) is 3.66. The van der Waals surface area contributed by atoms with E-state index in [4.69, 9.17) is 0 Å². The lowest BCUT2D eigenvalue weighted by Gasteiger charge is -2.12. The number of rotatable bonds is 6. The van der Waals surface area contributed by atoms with Crippen molar-refractivity contribution in [2.75, 3.05) is 11.0 Å². The highest BCUT2D eigenvalue weighted by molar-refractivity contribution is 7.92. The minimum atomic E-state index is -3.56. The molecule has 108 valence electrons. The van der Waals surface area contributed by atoms with Crippen molar-refractivity contribution in [1.29, 1.82) is 0 Å². The molecule has 1 atom stereocenters. The SMILES string of the molecule is CC[C@H](C)NS(=O)(=O)c1ccc(NS(C)(=O)=O)cc1. The van der Waals surface area contributed by atoms with Crippen molar-refractivity contribution in [3.8, 4) is 0 Å². The average molecular weight is 306 g/mol. The monoisotopic (exact) mass is 306 g/mol. The molecule has 0 radical (unpaired) electrons. The Kier molecular flexibility index (Phi) is 4.94. The Bertz CT molecular complexity index is 621. The Morgan fingerprint density at radius 2 is 1.63 bits per heavy atom. The molecule has 0 saturated carbocycles. The van der Waals surface area contributed by atoms with Crippen LogP contribution in [0.15, 0.2) is 29.2 Å². The van der Waals surface area contributed by atoms with Gasteiger partial charge in [0.2, 0.25) is 20.0 Å². The van der Waals surface area contributed by atoms with Crippen LogP contribution in [-0.4, -0.2) is 29.1 Å². The molecule has 0 aliphatic rings. The van der Waals surface area contributed by atoms with Gasteiger partial charge in [-0.3, -0.25) is 4.72 Å². The minimum Gasteiger partial charge on any atom is -0.284 e. The lowest BCUT2D eigenvalue weighted by atomic mass is 10.3. The van der Waals surface area contributed by atoms with Crippen LogP contribution in [0.25, 0.3) is 0 Å². The van der Waals surface area contributed by atoms with Crippen LogP contribution in [0.1, 0.15) is 20.3 Å². The molecule has 1 aromatic rings. The zero-order chi connectivity index (χ0) is 14.7. The first-order valence-corrected chi connectivity index (χ1v) is 9.11. The molecule has 0 unspecified atom stereocenters. The maximum absolute atomic E-state index is 11.9. The molecule has 0 bridgehead atoms. The third-order valence-corrected chi connectivity index (χ3v) is 4.65. The summed E-state index contributed by atoms with van der Waals surface area (Å²) in [4.78, 5) is 0.104. The zero-order valence-electron chi connectivity index (χ0n) is 11.0. The summed E-state index contributed by atoms with van der Waals surface area (Å²) in [5.74, 6) is 0. The third kappa shape index (κ3) is 5.17. The van der Waals surface area contributed by atoms with Gasteiger partial charge in [0, 0.05) is 11.7 Å². The van der Waals surface area contributed by atoms with E-state index in [-0.39, 0.29) is 10.9 Å². The number of benzene rings is 1. The molecular formula is C11H18N2O4S2. The van der Waals surface area contributed by atoms with Crippen molar-refractivity contribution in [3.05, 3.63) is 24.3 Å². The van der Waals surface area contributed by atoms with Crippen molar-refractivity contribution in [2.24, 2.45) is 0 Å². The summed E-state index contributed by atoms with van der Waals surface area (Å²) in [5.41, 5.74) is 0.324. The summed E-state index contributed by atoms with van der Waals surface area (Å²) >= 11 is 0. The van der Waals surface area contributed by atoms with Crippen molar-refractivity contribution < 1.29 is 16.8 Å². The number of hydrogen-bond acceptors (Lipinski definition) is 4. The highest BCUT2D eigenvalue weighted by atomic mass is 32.2. The fraction of sp³-hybridized carbons (Fsp3) is 0.455. The van der Waals surface area contributed by atoms with Gasteiger partial charge in [-0.2, -0.15) is 0 Å². The van der Waals surface area contributed by atoms with Gasteiger partial charge in [-0.25, -0.2) is 21.6 Å². The second kappa shape index (κ2) is 5.89. The number of hydrogen-bond donors (Lipinski definition) is 2. The lowest BCUT2D eigenvalue weighted by molar-refractivity contribution is 0.556. The van der Waals surface area contributed by atoms with E-state index in [2.05, 4.69) is 9.44 Å². The van der Waals surface area contributed by atoms with Crippen LogP contribution in [0.3, 0.4) is 0 Å². The highest BCUT2D eigenvalue weighted by Gasteiger charge is 2.16. The molecule has 0 heterocycles. The Balaban J connectivity index is 2.93. The topological polar surface area (TPSA) is 92.3 Å². The molecular weight excluding hydrogens is 288 g/mol. The molecule has 0 aliphatic carbocycles. The summed E-state index contributed by atoms with van der Waals surface area (Å²) in [6.07, 6.45) is 1.72. The fourth-order valence-corrected chi connectivity index (χ4v) is 3.22. The molecule has 1 aromatic carbocycles.